The maximum absolute atomic E-state index is 8.00. The summed E-state index contributed by atoms with van der Waals surface area (Å²) in [5.74, 6) is 0.811. The van der Waals surface area contributed by atoms with Gasteiger partial charge in [0.15, 0.2) is 0 Å². The Hall–Kier alpha value is -4.10. The third kappa shape index (κ3) is 7.52. The molecule has 4 rings (SSSR count). The molecule has 2 aromatic heterocycles. The van der Waals surface area contributed by atoms with Gasteiger partial charge >= 0.3 is 0 Å². The number of nitrogens with two attached hydrogens (primary N) is 1. The molecule has 4 aromatic rings. The summed E-state index contributed by atoms with van der Waals surface area (Å²) in [6.07, 6.45) is 1.83. The molecule has 33 heavy (non-hydrogen) atoms. The topological polar surface area (TPSA) is 103 Å². The molecule has 0 atom stereocenters. The smallest absolute Gasteiger partial charge is 0.130 e. The minimum Gasteiger partial charge on any atom is -0.340 e. The number of aromatic nitrogens is 3. The van der Waals surface area contributed by atoms with Gasteiger partial charge in [-0.1, -0.05) is 29.8 Å². The van der Waals surface area contributed by atoms with E-state index < -0.39 is 0 Å². The van der Waals surface area contributed by atoms with E-state index in [0.29, 0.717) is 0 Å². The predicted octanol–water partition coefficient (Wildman–Crippen LogP) is 4.81. The summed E-state index contributed by atoms with van der Waals surface area (Å²) in [6, 6.07) is 22.8. The van der Waals surface area contributed by atoms with Crippen molar-refractivity contribution in [2.24, 2.45) is 5.73 Å². The summed E-state index contributed by atoms with van der Waals surface area (Å²) in [5.41, 5.74) is 12.1. The van der Waals surface area contributed by atoms with E-state index in [4.69, 9.17) is 14.7 Å². The molecule has 0 spiro atoms. The van der Waals surface area contributed by atoms with Gasteiger partial charge in [0.25, 0.3) is 0 Å². The fourth-order valence-electron chi connectivity index (χ4n) is 3.10. The van der Waals surface area contributed by atoms with Crippen LogP contribution in [0.4, 0.5) is 11.5 Å². The van der Waals surface area contributed by atoms with Gasteiger partial charge in [-0.05, 0) is 75.8 Å². The van der Waals surface area contributed by atoms with Gasteiger partial charge in [0, 0.05) is 17.4 Å². The van der Waals surface area contributed by atoms with Crippen molar-refractivity contribution in [1.82, 2.24) is 14.8 Å². The van der Waals surface area contributed by atoms with Crippen molar-refractivity contribution in [3.63, 3.8) is 0 Å². The lowest BCUT2D eigenvalue weighted by atomic mass is 10.1. The van der Waals surface area contributed by atoms with E-state index >= 15 is 0 Å². The monoisotopic (exact) mass is 445 g/mol. The van der Waals surface area contributed by atoms with E-state index in [0.717, 1.165) is 34.1 Å². The Balaban J connectivity index is 0.000000841. The second-order valence-corrected chi connectivity index (χ2v) is 6.84. The second-order valence-electron chi connectivity index (χ2n) is 6.84. The van der Waals surface area contributed by atoms with E-state index in [2.05, 4.69) is 90.5 Å². The zero-order valence-corrected chi connectivity index (χ0v) is 19.6. The molecule has 0 aliphatic rings. The minimum absolute atomic E-state index is 0.811. The van der Waals surface area contributed by atoms with Crippen molar-refractivity contribution in [2.45, 2.75) is 20.8 Å². The lowest BCUT2D eigenvalue weighted by Crippen LogP contribution is -2.00. The highest BCUT2D eigenvalue weighted by Crippen LogP contribution is 2.26. The van der Waals surface area contributed by atoms with Crippen LogP contribution in [0.5, 0.6) is 0 Å². The zero-order chi connectivity index (χ0) is 24.8. The molecule has 3 N–H and O–H groups in total. The van der Waals surface area contributed by atoms with Gasteiger partial charge in [-0.25, -0.2) is 9.67 Å². The second kappa shape index (κ2) is 14.1. The number of hydrogen-bond donors (Lipinski definition) is 2. The highest BCUT2D eigenvalue weighted by molar-refractivity contribution is 5.68. The van der Waals surface area contributed by atoms with Gasteiger partial charge < -0.3 is 20.6 Å². The number of benzene rings is 2. The molecule has 2 aromatic carbocycles. The van der Waals surface area contributed by atoms with Gasteiger partial charge in [0.2, 0.25) is 0 Å². The average Bonchev–Trinajstić information content (AvgIpc) is 3.26. The molecule has 0 radical (unpaired) electrons. The van der Waals surface area contributed by atoms with Gasteiger partial charge in [-0.2, -0.15) is 5.10 Å². The molecule has 7 heteroatoms. The predicted molar refractivity (Wildman–Crippen MR) is 135 cm³/mol. The van der Waals surface area contributed by atoms with Crippen molar-refractivity contribution in [3.05, 3.63) is 89.7 Å². The molecule has 0 fully saturated rings. The van der Waals surface area contributed by atoms with E-state index in [1.54, 1.807) is 0 Å². The van der Waals surface area contributed by atoms with Crippen LogP contribution in [0.15, 0.2) is 72.9 Å². The lowest BCUT2D eigenvalue weighted by Gasteiger charge is -2.10. The van der Waals surface area contributed by atoms with E-state index in [1.807, 2.05) is 37.4 Å². The van der Waals surface area contributed by atoms with Gasteiger partial charge in [-0.15, -0.1) is 0 Å². The van der Waals surface area contributed by atoms with Crippen molar-refractivity contribution in [3.8, 4) is 16.9 Å². The Morgan fingerprint density at radius 2 is 1.48 bits per heavy atom. The number of nitrogens with one attached hydrogen (secondary N) is 1. The largest absolute Gasteiger partial charge is 0.340 e. The van der Waals surface area contributed by atoms with Crippen LogP contribution >= 0.6 is 0 Å². The first-order valence-electron chi connectivity index (χ1n) is 10.2. The summed E-state index contributed by atoms with van der Waals surface area (Å²) in [4.78, 5) is 20.5. The van der Waals surface area contributed by atoms with Gasteiger partial charge in [-0.3, -0.25) is 0 Å². The van der Waals surface area contributed by atoms with E-state index in [9.17, 15) is 0 Å². The maximum atomic E-state index is 8.00. The van der Waals surface area contributed by atoms with Gasteiger partial charge in [0.1, 0.15) is 19.4 Å². The molecule has 0 aliphatic carbocycles. The maximum Gasteiger partial charge on any atom is 0.130 e. The molecule has 0 amide bonds. The number of carbonyl (C=O) groups excluding carboxylic acids is 2. The number of rotatable bonds is 4. The lowest BCUT2D eigenvalue weighted by molar-refractivity contribution is -0.0987. The quantitative estimate of drug-likeness (QED) is 0.467. The number of anilines is 2. The Morgan fingerprint density at radius 1 is 0.818 bits per heavy atom. The van der Waals surface area contributed by atoms with Crippen molar-refractivity contribution in [1.29, 1.82) is 0 Å². The highest BCUT2D eigenvalue weighted by atomic mass is 16.1. The minimum atomic E-state index is 0.811. The normalized spacial score (nSPS) is 9.24. The Labute approximate surface area is 195 Å². The number of nitrogens with zero attached hydrogens (tertiary/aromatic N) is 3. The number of hydrogen-bond acceptors (Lipinski definition) is 6. The molecule has 2 heterocycles. The van der Waals surface area contributed by atoms with Crippen LogP contribution < -0.4 is 11.1 Å². The first-order chi connectivity index (χ1) is 16.1. The first kappa shape index (κ1) is 26.9. The summed E-state index contributed by atoms with van der Waals surface area (Å²) in [5, 5.41) is 8.07. The van der Waals surface area contributed by atoms with Crippen LogP contribution in [0.25, 0.3) is 16.9 Å². The van der Waals surface area contributed by atoms with Crippen LogP contribution in [0.3, 0.4) is 0 Å². The SMILES string of the molecule is C=O.C=O.CN.Cc1ccc(Nc2cc(-c3cc(C)nn3-c3cccc(C)c3)ccn2)cc1. The van der Waals surface area contributed by atoms with Crippen molar-refractivity contribution >= 4 is 25.1 Å². The van der Waals surface area contributed by atoms with Crippen LogP contribution in [0, 0.1) is 20.8 Å². The van der Waals surface area contributed by atoms with E-state index in [-0.39, 0.29) is 0 Å². The average molecular weight is 446 g/mol. The summed E-state index contributed by atoms with van der Waals surface area (Å²) in [7, 11) is 1.50. The van der Waals surface area contributed by atoms with Gasteiger partial charge in [0.05, 0.1) is 17.1 Å². The summed E-state index contributed by atoms with van der Waals surface area (Å²) < 4.78 is 1.99. The highest BCUT2D eigenvalue weighted by Gasteiger charge is 2.11. The summed E-state index contributed by atoms with van der Waals surface area (Å²) in [6.45, 7) is 10.2. The molecule has 0 unspecified atom stereocenters. The van der Waals surface area contributed by atoms with E-state index in [1.165, 1.54) is 18.2 Å². The fourth-order valence-corrected chi connectivity index (χ4v) is 3.10. The number of pyridine rings is 1. The third-order valence-electron chi connectivity index (χ3n) is 4.46. The standard InChI is InChI=1S/C23H22N4.CH5N.2CH2O/c1-16-7-9-20(10-8-16)25-23-15-19(11-12-24-23)22-14-18(3)26-27(22)21-6-4-5-17(2)13-21;3*1-2/h4-15H,1-3H3,(H,24,25);2H2,1H3;2*1H2. The molecule has 7 nitrogen and oxygen atoms in total. The molecule has 0 bridgehead atoms. The van der Waals surface area contributed by atoms with Crippen molar-refractivity contribution < 1.29 is 9.59 Å². The molecule has 172 valence electrons. The summed E-state index contributed by atoms with van der Waals surface area (Å²) >= 11 is 0. The van der Waals surface area contributed by atoms with Crippen LogP contribution in [0.2, 0.25) is 0 Å². The fraction of sp³-hybridized carbons (Fsp3) is 0.154. The number of aryl methyl sites for hydroxylation is 3. The van der Waals surface area contributed by atoms with Crippen LogP contribution in [-0.4, -0.2) is 35.4 Å². The van der Waals surface area contributed by atoms with Crippen LogP contribution in [0.1, 0.15) is 16.8 Å². The third-order valence-corrected chi connectivity index (χ3v) is 4.46. The molecular weight excluding hydrogens is 414 g/mol. The molecule has 0 aliphatic heterocycles. The first-order valence-corrected chi connectivity index (χ1v) is 10.2. The molecule has 0 saturated carbocycles. The molecular formula is C26H31N5O2. The van der Waals surface area contributed by atoms with Crippen LogP contribution in [-0.2, 0) is 9.59 Å². The molecule has 0 saturated heterocycles. The number of carbonyl (C=O) groups is 2. The zero-order valence-electron chi connectivity index (χ0n) is 19.6. The Morgan fingerprint density at radius 3 is 2.12 bits per heavy atom. The van der Waals surface area contributed by atoms with Crippen molar-refractivity contribution in [2.75, 3.05) is 12.4 Å². The Bertz CT molecular complexity index is 1120. The Kier molecular flexibility index (Phi) is 11.5.